The van der Waals surface area contributed by atoms with Crippen molar-refractivity contribution in [2.24, 2.45) is 0 Å². The van der Waals surface area contributed by atoms with Gasteiger partial charge in [0.2, 0.25) is 5.91 Å². The van der Waals surface area contributed by atoms with Crippen molar-refractivity contribution in [1.82, 2.24) is 4.90 Å². The summed E-state index contributed by atoms with van der Waals surface area (Å²) >= 11 is 0. The van der Waals surface area contributed by atoms with E-state index in [-0.39, 0.29) is 13.2 Å². The van der Waals surface area contributed by atoms with Gasteiger partial charge in [0.15, 0.2) is 0 Å². The van der Waals surface area contributed by atoms with Crippen molar-refractivity contribution < 1.29 is 23.9 Å². The molecule has 2 aromatic rings. The summed E-state index contributed by atoms with van der Waals surface area (Å²) in [6.07, 6.45) is -2.13. The standard InChI is InChI=1S/C18H17NO5/c1-14(20)19(17(21)23-12-15-8-4-2-5-9-15)18(22)24-13-16-10-6-3-7-11-16/h2-11H,12-13H2,1H3. The van der Waals surface area contributed by atoms with Crippen LogP contribution in [0.4, 0.5) is 9.59 Å². The maximum Gasteiger partial charge on any atom is 0.426 e. The van der Waals surface area contributed by atoms with Crippen molar-refractivity contribution in [3.8, 4) is 0 Å². The molecule has 0 saturated heterocycles. The first-order valence-corrected chi connectivity index (χ1v) is 7.30. The van der Waals surface area contributed by atoms with Gasteiger partial charge in [0.1, 0.15) is 13.2 Å². The van der Waals surface area contributed by atoms with Gasteiger partial charge in [0.25, 0.3) is 0 Å². The lowest BCUT2D eigenvalue weighted by Gasteiger charge is -2.16. The van der Waals surface area contributed by atoms with E-state index in [1.165, 1.54) is 0 Å². The Balaban J connectivity index is 1.93. The molecule has 6 heteroatoms. The lowest BCUT2D eigenvalue weighted by atomic mass is 10.2. The molecule has 0 N–H and O–H groups in total. The van der Waals surface area contributed by atoms with Gasteiger partial charge in [-0.05, 0) is 11.1 Å². The second kappa shape index (κ2) is 8.47. The number of nitrogens with zero attached hydrogens (tertiary/aromatic N) is 1. The van der Waals surface area contributed by atoms with Crippen LogP contribution in [0.15, 0.2) is 60.7 Å². The molecule has 2 aromatic carbocycles. The largest absolute Gasteiger partial charge is 0.444 e. The number of benzene rings is 2. The highest BCUT2D eigenvalue weighted by Crippen LogP contribution is 2.07. The van der Waals surface area contributed by atoms with Crippen LogP contribution < -0.4 is 0 Å². The van der Waals surface area contributed by atoms with Gasteiger partial charge in [-0.1, -0.05) is 60.7 Å². The van der Waals surface area contributed by atoms with Crippen molar-refractivity contribution in [3.63, 3.8) is 0 Å². The molecular weight excluding hydrogens is 310 g/mol. The molecule has 2 rings (SSSR count). The smallest absolute Gasteiger partial charge is 0.426 e. The van der Waals surface area contributed by atoms with E-state index < -0.39 is 18.1 Å². The highest BCUT2D eigenvalue weighted by Gasteiger charge is 2.29. The third-order valence-corrected chi connectivity index (χ3v) is 3.09. The second-order valence-electron chi connectivity index (χ2n) is 4.93. The Bertz CT molecular complexity index is 644. The van der Waals surface area contributed by atoms with Crippen LogP contribution in [0.25, 0.3) is 0 Å². The summed E-state index contributed by atoms with van der Waals surface area (Å²) in [5.74, 6) is -0.772. The summed E-state index contributed by atoms with van der Waals surface area (Å²) < 4.78 is 9.98. The normalized spacial score (nSPS) is 9.88. The SMILES string of the molecule is CC(=O)N(C(=O)OCc1ccccc1)C(=O)OCc1ccccc1. The number of hydrogen-bond donors (Lipinski definition) is 0. The van der Waals surface area contributed by atoms with Crippen LogP contribution in [0.5, 0.6) is 0 Å². The number of imide groups is 3. The van der Waals surface area contributed by atoms with Gasteiger partial charge in [0.05, 0.1) is 0 Å². The number of hydrogen-bond acceptors (Lipinski definition) is 5. The minimum absolute atomic E-state index is 0.0462. The minimum Gasteiger partial charge on any atom is -0.444 e. The Hall–Kier alpha value is -3.15. The molecule has 0 aliphatic rings. The zero-order chi connectivity index (χ0) is 17.4. The third-order valence-electron chi connectivity index (χ3n) is 3.09. The molecule has 0 aromatic heterocycles. The fourth-order valence-electron chi connectivity index (χ4n) is 1.90. The van der Waals surface area contributed by atoms with Crippen LogP contribution in [-0.2, 0) is 27.5 Å². The quantitative estimate of drug-likeness (QED) is 0.859. The highest BCUT2D eigenvalue weighted by atomic mass is 16.6. The predicted molar refractivity (Wildman–Crippen MR) is 85.8 cm³/mol. The molecular formula is C18H17NO5. The zero-order valence-electron chi connectivity index (χ0n) is 13.2. The predicted octanol–water partition coefficient (Wildman–Crippen LogP) is 3.51. The summed E-state index contributed by atoms with van der Waals surface area (Å²) in [6, 6.07) is 17.9. The van der Waals surface area contributed by atoms with Crippen molar-refractivity contribution in [2.75, 3.05) is 0 Å². The first kappa shape index (κ1) is 17.2. The monoisotopic (exact) mass is 327 g/mol. The van der Waals surface area contributed by atoms with E-state index in [1.54, 1.807) is 48.5 Å². The first-order chi connectivity index (χ1) is 11.6. The average molecular weight is 327 g/mol. The van der Waals surface area contributed by atoms with E-state index in [1.807, 2.05) is 12.1 Å². The van der Waals surface area contributed by atoms with E-state index in [2.05, 4.69) is 0 Å². The molecule has 0 heterocycles. The fraction of sp³-hybridized carbons (Fsp3) is 0.167. The van der Waals surface area contributed by atoms with E-state index in [0.717, 1.165) is 18.1 Å². The Morgan fingerprint density at radius 1 is 0.750 bits per heavy atom. The molecule has 0 aliphatic heterocycles. The number of carbonyl (C=O) groups is 3. The summed E-state index contributed by atoms with van der Waals surface area (Å²) in [4.78, 5) is 35.9. The summed E-state index contributed by atoms with van der Waals surface area (Å²) in [5, 5.41) is 0. The molecule has 0 unspecified atom stereocenters. The number of carbonyl (C=O) groups excluding carboxylic acids is 3. The molecule has 0 fully saturated rings. The molecule has 6 nitrogen and oxygen atoms in total. The van der Waals surface area contributed by atoms with Gasteiger partial charge in [-0.3, -0.25) is 4.79 Å². The molecule has 0 aliphatic carbocycles. The Labute approximate surface area is 139 Å². The Morgan fingerprint density at radius 3 is 1.46 bits per heavy atom. The molecule has 0 atom stereocenters. The summed E-state index contributed by atoms with van der Waals surface area (Å²) in [6.45, 7) is 0.998. The van der Waals surface area contributed by atoms with E-state index in [9.17, 15) is 14.4 Å². The summed E-state index contributed by atoms with van der Waals surface area (Å²) in [7, 11) is 0. The molecule has 0 spiro atoms. The second-order valence-corrected chi connectivity index (χ2v) is 4.93. The minimum atomic E-state index is -1.07. The van der Waals surface area contributed by atoms with E-state index >= 15 is 0 Å². The van der Waals surface area contributed by atoms with Crippen LogP contribution in [0.2, 0.25) is 0 Å². The topological polar surface area (TPSA) is 72.9 Å². The number of amides is 3. The van der Waals surface area contributed by atoms with Gasteiger partial charge >= 0.3 is 12.2 Å². The van der Waals surface area contributed by atoms with Gasteiger partial charge in [-0.2, -0.15) is 0 Å². The first-order valence-electron chi connectivity index (χ1n) is 7.30. The average Bonchev–Trinajstić information content (AvgIpc) is 2.60. The molecule has 124 valence electrons. The lowest BCUT2D eigenvalue weighted by Crippen LogP contribution is -2.41. The van der Waals surface area contributed by atoms with Gasteiger partial charge in [0, 0.05) is 6.92 Å². The van der Waals surface area contributed by atoms with Crippen LogP contribution >= 0.6 is 0 Å². The van der Waals surface area contributed by atoms with Gasteiger partial charge < -0.3 is 9.47 Å². The van der Waals surface area contributed by atoms with Crippen LogP contribution in [0.3, 0.4) is 0 Å². The maximum absolute atomic E-state index is 12.0. The number of rotatable bonds is 4. The zero-order valence-corrected chi connectivity index (χ0v) is 13.2. The highest BCUT2D eigenvalue weighted by molar-refractivity contribution is 6.05. The van der Waals surface area contributed by atoms with E-state index in [0.29, 0.717) is 4.90 Å². The van der Waals surface area contributed by atoms with Gasteiger partial charge in [-0.25, -0.2) is 9.59 Å². The third kappa shape index (κ3) is 4.95. The molecule has 0 bridgehead atoms. The Morgan fingerprint density at radius 2 is 1.12 bits per heavy atom. The van der Waals surface area contributed by atoms with Crippen LogP contribution in [0.1, 0.15) is 18.1 Å². The maximum atomic E-state index is 12.0. The van der Waals surface area contributed by atoms with Crippen molar-refractivity contribution >= 4 is 18.1 Å². The summed E-state index contributed by atoms with van der Waals surface area (Å²) in [5.41, 5.74) is 1.49. The van der Waals surface area contributed by atoms with Gasteiger partial charge in [-0.15, -0.1) is 4.90 Å². The molecule has 24 heavy (non-hydrogen) atoms. The molecule has 0 saturated carbocycles. The van der Waals surface area contributed by atoms with Crippen LogP contribution in [0, 0.1) is 0 Å². The molecule has 0 radical (unpaired) electrons. The number of ether oxygens (including phenoxy) is 2. The van der Waals surface area contributed by atoms with Crippen molar-refractivity contribution in [1.29, 1.82) is 0 Å². The van der Waals surface area contributed by atoms with E-state index in [4.69, 9.17) is 9.47 Å². The van der Waals surface area contributed by atoms with Crippen molar-refractivity contribution in [2.45, 2.75) is 20.1 Å². The molecule has 3 amide bonds. The van der Waals surface area contributed by atoms with Crippen molar-refractivity contribution in [3.05, 3.63) is 71.8 Å². The lowest BCUT2D eigenvalue weighted by molar-refractivity contribution is -0.125. The van der Waals surface area contributed by atoms with Crippen LogP contribution in [-0.4, -0.2) is 23.0 Å². The Kier molecular flexibility index (Phi) is 6.08. The fourth-order valence-corrected chi connectivity index (χ4v) is 1.90.